The normalized spacial score (nSPS) is 10.2. The lowest BCUT2D eigenvalue weighted by Gasteiger charge is -2.09. The van der Waals surface area contributed by atoms with Gasteiger partial charge in [-0.3, -0.25) is 4.79 Å². The Labute approximate surface area is 116 Å². The summed E-state index contributed by atoms with van der Waals surface area (Å²) in [6.45, 7) is 2.82. The summed E-state index contributed by atoms with van der Waals surface area (Å²) >= 11 is 0. The molecule has 7 nitrogen and oxygen atoms in total. The Bertz CT molecular complexity index is 569. The second kappa shape index (κ2) is 6.55. The third kappa shape index (κ3) is 3.47. The van der Waals surface area contributed by atoms with Crippen molar-refractivity contribution in [2.45, 2.75) is 13.3 Å². The summed E-state index contributed by atoms with van der Waals surface area (Å²) in [4.78, 5) is 15.8. The van der Waals surface area contributed by atoms with Crippen molar-refractivity contribution in [3.8, 4) is 5.75 Å². The number of ether oxygens (including phenoxy) is 1. The summed E-state index contributed by atoms with van der Waals surface area (Å²) in [5, 5.41) is 6.42. The predicted octanol–water partition coefficient (Wildman–Crippen LogP) is 1.02. The topological polar surface area (TPSA) is 103 Å². The highest BCUT2D eigenvalue weighted by molar-refractivity contribution is 5.95. The number of nitrogens with one attached hydrogen (secondary N) is 1. The van der Waals surface area contributed by atoms with Crippen LogP contribution in [0.1, 0.15) is 23.1 Å². The molecule has 0 aliphatic carbocycles. The summed E-state index contributed by atoms with van der Waals surface area (Å²) in [5.74, 6) is 0.926. The number of anilines is 1. The van der Waals surface area contributed by atoms with Crippen molar-refractivity contribution in [3.63, 3.8) is 0 Å². The molecule has 1 heterocycles. The number of carbonyl (C=O) groups excluding carboxylic acids is 1. The Morgan fingerprint density at radius 3 is 3.00 bits per heavy atom. The van der Waals surface area contributed by atoms with Crippen molar-refractivity contribution in [2.24, 2.45) is 0 Å². The van der Waals surface area contributed by atoms with Gasteiger partial charge in [-0.2, -0.15) is 4.98 Å². The molecule has 0 bridgehead atoms. The van der Waals surface area contributed by atoms with E-state index in [1.165, 1.54) is 6.39 Å². The number of benzene rings is 1. The van der Waals surface area contributed by atoms with Gasteiger partial charge in [0, 0.05) is 18.5 Å². The molecule has 7 heteroatoms. The van der Waals surface area contributed by atoms with Crippen molar-refractivity contribution >= 4 is 11.6 Å². The van der Waals surface area contributed by atoms with Crippen LogP contribution in [0.5, 0.6) is 5.75 Å². The molecule has 3 N–H and O–H groups in total. The van der Waals surface area contributed by atoms with Crippen LogP contribution in [0, 0.1) is 0 Å². The van der Waals surface area contributed by atoms with E-state index < -0.39 is 0 Å². The van der Waals surface area contributed by atoms with Gasteiger partial charge in [0.25, 0.3) is 5.91 Å². The van der Waals surface area contributed by atoms with Crippen LogP contribution in [0.3, 0.4) is 0 Å². The molecular weight excluding hydrogens is 260 g/mol. The van der Waals surface area contributed by atoms with E-state index in [1.54, 1.807) is 18.2 Å². The highest BCUT2D eigenvalue weighted by Gasteiger charge is 2.09. The average Bonchev–Trinajstić information content (AvgIpc) is 2.94. The maximum absolute atomic E-state index is 11.9. The van der Waals surface area contributed by atoms with E-state index in [2.05, 4.69) is 20.0 Å². The number of nitrogens with zero attached hydrogens (tertiary/aromatic N) is 2. The molecule has 0 atom stereocenters. The van der Waals surface area contributed by atoms with Gasteiger partial charge in [-0.1, -0.05) is 5.16 Å². The summed E-state index contributed by atoms with van der Waals surface area (Å²) in [6.07, 6.45) is 1.76. The Balaban J connectivity index is 1.90. The van der Waals surface area contributed by atoms with Gasteiger partial charge in [-0.25, -0.2) is 0 Å². The molecule has 0 saturated carbocycles. The molecule has 0 fully saturated rings. The molecule has 0 aliphatic heterocycles. The van der Waals surface area contributed by atoms with Gasteiger partial charge in [0.15, 0.2) is 5.82 Å². The van der Waals surface area contributed by atoms with E-state index >= 15 is 0 Å². The lowest BCUT2D eigenvalue weighted by molar-refractivity contribution is 0.0954. The first-order valence-corrected chi connectivity index (χ1v) is 6.26. The van der Waals surface area contributed by atoms with Crippen LogP contribution in [0.4, 0.5) is 5.69 Å². The zero-order chi connectivity index (χ0) is 14.4. The van der Waals surface area contributed by atoms with Crippen molar-refractivity contribution < 1.29 is 14.1 Å². The number of hydrogen-bond acceptors (Lipinski definition) is 6. The van der Waals surface area contributed by atoms with Crippen molar-refractivity contribution in [2.75, 3.05) is 18.9 Å². The van der Waals surface area contributed by atoms with Crippen LogP contribution in [0.15, 0.2) is 29.1 Å². The molecule has 0 aliphatic rings. The standard InChI is InChI=1S/C13H16N4O3/c1-2-19-11-4-3-9(7-10(11)14)13(18)15-6-5-12-16-8-20-17-12/h3-4,7-8H,2,5-6,14H2,1H3,(H,15,18). The number of amides is 1. The lowest BCUT2D eigenvalue weighted by Crippen LogP contribution is -2.26. The molecule has 0 spiro atoms. The van der Waals surface area contributed by atoms with Gasteiger partial charge >= 0.3 is 0 Å². The molecule has 1 aromatic carbocycles. The van der Waals surface area contributed by atoms with Crippen LogP contribution in [-0.4, -0.2) is 29.2 Å². The molecule has 1 amide bonds. The fraction of sp³-hybridized carbons (Fsp3) is 0.308. The smallest absolute Gasteiger partial charge is 0.251 e. The largest absolute Gasteiger partial charge is 0.492 e. The molecule has 2 aromatic rings. The summed E-state index contributed by atoms with van der Waals surface area (Å²) in [7, 11) is 0. The fourth-order valence-corrected chi connectivity index (χ4v) is 1.67. The Hall–Kier alpha value is -2.57. The van der Waals surface area contributed by atoms with E-state index in [0.717, 1.165) is 0 Å². The second-order valence-corrected chi connectivity index (χ2v) is 4.04. The van der Waals surface area contributed by atoms with Crippen LogP contribution >= 0.6 is 0 Å². The zero-order valence-electron chi connectivity index (χ0n) is 11.1. The first-order chi connectivity index (χ1) is 9.70. The van der Waals surface area contributed by atoms with Gasteiger partial charge in [0.05, 0.1) is 12.3 Å². The van der Waals surface area contributed by atoms with Crippen molar-refractivity contribution in [1.29, 1.82) is 0 Å². The summed E-state index contributed by atoms with van der Waals surface area (Å²) in [5.41, 5.74) is 6.74. The highest BCUT2D eigenvalue weighted by Crippen LogP contribution is 2.22. The molecule has 0 unspecified atom stereocenters. The fourth-order valence-electron chi connectivity index (χ4n) is 1.67. The zero-order valence-corrected chi connectivity index (χ0v) is 11.1. The van der Waals surface area contributed by atoms with Gasteiger partial charge in [0.2, 0.25) is 6.39 Å². The minimum Gasteiger partial charge on any atom is -0.492 e. The number of hydrogen-bond donors (Lipinski definition) is 2. The molecule has 106 valence electrons. The first-order valence-electron chi connectivity index (χ1n) is 6.26. The Morgan fingerprint density at radius 2 is 2.35 bits per heavy atom. The third-order valence-corrected chi connectivity index (χ3v) is 2.61. The van der Waals surface area contributed by atoms with Crippen molar-refractivity contribution in [1.82, 2.24) is 15.5 Å². The minimum atomic E-state index is -0.205. The van der Waals surface area contributed by atoms with Crippen LogP contribution in [0.25, 0.3) is 0 Å². The van der Waals surface area contributed by atoms with Crippen molar-refractivity contribution in [3.05, 3.63) is 36.0 Å². The lowest BCUT2D eigenvalue weighted by atomic mass is 10.1. The van der Waals surface area contributed by atoms with E-state index in [-0.39, 0.29) is 5.91 Å². The van der Waals surface area contributed by atoms with Gasteiger partial charge in [-0.15, -0.1) is 0 Å². The molecule has 1 aromatic heterocycles. The van der Waals surface area contributed by atoms with Crippen LogP contribution in [0.2, 0.25) is 0 Å². The Kier molecular flexibility index (Phi) is 4.54. The molecular formula is C13H16N4O3. The summed E-state index contributed by atoms with van der Waals surface area (Å²) in [6, 6.07) is 4.95. The number of nitrogen functional groups attached to an aromatic ring is 1. The van der Waals surface area contributed by atoms with Gasteiger partial charge < -0.3 is 20.3 Å². The van der Waals surface area contributed by atoms with E-state index in [0.29, 0.717) is 42.4 Å². The maximum Gasteiger partial charge on any atom is 0.251 e. The molecule has 2 rings (SSSR count). The van der Waals surface area contributed by atoms with Gasteiger partial charge in [-0.05, 0) is 25.1 Å². The second-order valence-electron chi connectivity index (χ2n) is 4.04. The minimum absolute atomic E-state index is 0.205. The van der Waals surface area contributed by atoms with E-state index in [4.69, 9.17) is 10.5 Å². The van der Waals surface area contributed by atoms with Crippen LogP contribution in [-0.2, 0) is 6.42 Å². The number of rotatable bonds is 6. The SMILES string of the molecule is CCOc1ccc(C(=O)NCCc2ncon2)cc1N. The maximum atomic E-state index is 11.9. The van der Waals surface area contributed by atoms with Crippen LogP contribution < -0.4 is 15.8 Å². The molecule has 0 saturated heterocycles. The Morgan fingerprint density at radius 1 is 1.50 bits per heavy atom. The summed E-state index contributed by atoms with van der Waals surface area (Å²) < 4.78 is 9.92. The number of aromatic nitrogens is 2. The number of carbonyl (C=O) groups is 1. The van der Waals surface area contributed by atoms with E-state index in [9.17, 15) is 4.79 Å². The predicted molar refractivity (Wildman–Crippen MR) is 72.4 cm³/mol. The third-order valence-electron chi connectivity index (χ3n) is 2.61. The van der Waals surface area contributed by atoms with E-state index in [1.807, 2.05) is 6.92 Å². The average molecular weight is 276 g/mol. The molecule has 0 radical (unpaired) electrons. The monoisotopic (exact) mass is 276 g/mol. The number of nitrogens with two attached hydrogens (primary N) is 1. The molecule has 20 heavy (non-hydrogen) atoms. The highest BCUT2D eigenvalue weighted by atomic mass is 16.5. The first kappa shape index (κ1) is 13.9. The quantitative estimate of drug-likeness (QED) is 0.763. The van der Waals surface area contributed by atoms with Gasteiger partial charge in [0.1, 0.15) is 5.75 Å².